The summed E-state index contributed by atoms with van der Waals surface area (Å²) in [6.07, 6.45) is 0. The lowest BCUT2D eigenvalue weighted by atomic mass is 10.0. The van der Waals surface area contributed by atoms with Crippen LogP contribution in [0.1, 0.15) is 11.1 Å². The monoisotopic (exact) mass is 384 g/mol. The van der Waals surface area contributed by atoms with Gasteiger partial charge in [0.05, 0.1) is 18.4 Å². The highest BCUT2D eigenvalue weighted by molar-refractivity contribution is 6.46. The first kappa shape index (κ1) is 18.5. The highest BCUT2D eigenvalue weighted by Crippen LogP contribution is 2.34. The van der Waals surface area contributed by atoms with E-state index in [1.54, 1.807) is 43.5 Å². The minimum absolute atomic E-state index is 0.256. The first-order valence-electron chi connectivity index (χ1n) is 9.24. The molecule has 1 heterocycles. The second-order valence-corrected chi connectivity index (χ2v) is 6.75. The van der Waals surface area contributed by atoms with E-state index in [-0.39, 0.29) is 17.5 Å². The van der Waals surface area contributed by atoms with Gasteiger partial charge in [0.15, 0.2) is 0 Å². The van der Waals surface area contributed by atoms with Gasteiger partial charge in [0.25, 0.3) is 11.8 Å². The minimum Gasteiger partial charge on any atom is -0.497 e. The molecule has 29 heavy (non-hydrogen) atoms. The number of carbonyl (C=O) groups is 2. The van der Waals surface area contributed by atoms with E-state index in [2.05, 4.69) is 5.32 Å². The third-order valence-corrected chi connectivity index (χ3v) is 4.80. The zero-order valence-electron chi connectivity index (χ0n) is 16.2. The Bertz CT molecular complexity index is 1090. The average molecular weight is 384 g/mol. The molecular weight excluding hydrogens is 364 g/mol. The number of benzene rings is 3. The molecule has 0 atom stereocenters. The average Bonchev–Trinajstić information content (AvgIpc) is 2.99. The Balaban J connectivity index is 1.80. The van der Waals surface area contributed by atoms with Crippen molar-refractivity contribution < 1.29 is 14.3 Å². The smallest absolute Gasteiger partial charge is 0.282 e. The van der Waals surface area contributed by atoms with Gasteiger partial charge < -0.3 is 10.1 Å². The van der Waals surface area contributed by atoms with Crippen molar-refractivity contribution in [2.45, 2.75) is 6.92 Å². The fourth-order valence-corrected chi connectivity index (χ4v) is 3.27. The number of rotatable bonds is 5. The maximum Gasteiger partial charge on any atom is 0.282 e. The molecule has 4 rings (SSSR count). The summed E-state index contributed by atoms with van der Waals surface area (Å²) in [5, 5.41) is 3.15. The minimum atomic E-state index is -0.381. The fourth-order valence-electron chi connectivity index (χ4n) is 3.27. The van der Waals surface area contributed by atoms with Gasteiger partial charge >= 0.3 is 0 Å². The standard InChI is InChI=1S/C24H20N2O3/c1-16-8-12-19(13-9-16)26-23(27)21(17-10-14-20(29-2)15-11-17)22(24(26)28)25-18-6-4-3-5-7-18/h3-15,25H,1-2H3. The van der Waals surface area contributed by atoms with E-state index in [0.717, 1.165) is 11.3 Å². The van der Waals surface area contributed by atoms with Crippen LogP contribution in [0.2, 0.25) is 0 Å². The van der Waals surface area contributed by atoms with Crippen molar-refractivity contribution in [3.63, 3.8) is 0 Å². The van der Waals surface area contributed by atoms with Crippen molar-refractivity contribution in [1.82, 2.24) is 0 Å². The van der Waals surface area contributed by atoms with E-state index >= 15 is 0 Å². The number of nitrogens with zero attached hydrogens (tertiary/aromatic N) is 1. The van der Waals surface area contributed by atoms with E-state index in [1.807, 2.05) is 49.4 Å². The van der Waals surface area contributed by atoms with Crippen LogP contribution in [-0.2, 0) is 9.59 Å². The van der Waals surface area contributed by atoms with E-state index in [1.165, 1.54) is 4.90 Å². The summed E-state index contributed by atoms with van der Waals surface area (Å²) < 4.78 is 5.21. The number of aryl methyl sites for hydroxylation is 1. The maximum absolute atomic E-state index is 13.3. The number of anilines is 2. The topological polar surface area (TPSA) is 58.6 Å². The Morgan fingerprint density at radius 2 is 1.45 bits per heavy atom. The van der Waals surface area contributed by atoms with E-state index in [4.69, 9.17) is 4.74 Å². The third kappa shape index (κ3) is 3.50. The number of hydrogen-bond acceptors (Lipinski definition) is 4. The molecule has 3 aromatic carbocycles. The molecule has 1 N–H and O–H groups in total. The summed E-state index contributed by atoms with van der Waals surface area (Å²) in [6, 6.07) is 23.8. The normalized spacial score (nSPS) is 13.8. The molecule has 3 aromatic rings. The number of imide groups is 1. The summed E-state index contributed by atoms with van der Waals surface area (Å²) in [7, 11) is 1.58. The van der Waals surface area contributed by atoms with Crippen LogP contribution in [0.25, 0.3) is 5.57 Å². The molecular formula is C24H20N2O3. The highest BCUT2D eigenvalue weighted by Gasteiger charge is 2.40. The Morgan fingerprint density at radius 1 is 0.793 bits per heavy atom. The Kier molecular flexibility index (Phi) is 4.87. The Hall–Kier alpha value is -3.86. The van der Waals surface area contributed by atoms with E-state index in [0.29, 0.717) is 22.6 Å². The molecule has 5 nitrogen and oxygen atoms in total. The lowest BCUT2D eigenvalue weighted by Gasteiger charge is -2.15. The molecule has 1 aliphatic heterocycles. The number of hydrogen-bond donors (Lipinski definition) is 1. The highest BCUT2D eigenvalue weighted by atomic mass is 16.5. The summed E-state index contributed by atoms with van der Waals surface area (Å²) in [5.41, 5.74) is 3.58. The van der Waals surface area contributed by atoms with Gasteiger partial charge in [-0.2, -0.15) is 0 Å². The molecule has 0 spiro atoms. The van der Waals surface area contributed by atoms with Crippen LogP contribution >= 0.6 is 0 Å². The Labute approximate surface area is 169 Å². The van der Waals surface area contributed by atoms with E-state index in [9.17, 15) is 9.59 Å². The lowest BCUT2D eigenvalue weighted by molar-refractivity contribution is -0.120. The summed E-state index contributed by atoms with van der Waals surface area (Å²) in [4.78, 5) is 27.8. The third-order valence-electron chi connectivity index (χ3n) is 4.80. The van der Waals surface area contributed by atoms with Crippen molar-refractivity contribution in [3.05, 3.63) is 95.7 Å². The molecule has 0 aliphatic carbocycles. The van der Waals surface area contributed by atoms with Crippen LogP contribution in [0.15, 0.2) is 84.6 Å². The number of amides is 2. The predicted octanol–water partition coefficient (Wildman–Crippen LogP) is 4.40. The fraction of sp³-hybridized carbons (Fsp3) is 0.0833. The van der Waals surface area contributed by atoms with Crippen molar-refractivity contribution in [2.24, 2.45) is 0 Å². The number of ether oxygens (including phenoxy) is 1. The van der Waals surface area contributed by atoms with E-state index < -0.39 is 0 Å². The van der Waals surface area contributed by atoms with Crippen molar-refractivity contribution in [2.75, 3.05) is 17.3 Å². The molecule has 1 aliphatic rings. The number of carbonyl (C=O) groups excluding carboxylic acids is 2. The zero-order chi connectivity index (χ0) is 20.4. The summed E-state index contributed by atoms with van der Waals surface area (Å²) in [5.74, 6) is -0.0601. The number of para-hydroxylation sites is 1. The van der Waals surface area contributed by atoms with Gasteiger partial charge in [-0.3, -0.25) is 9.59 Å². The van der Waals surface area contributed by atoms with Crippen LogP contribution in [0, 0.1) is 6.92 Å². The van der Waals surface area contributed by atoms with Crippen molar-refractivity contribution in [1.29, 1.82) is 0 Å². The van der Waals surface area contributed by atoms with Crippen molar-refractivity contribution >= 4 is 28.8 Å². The van der Waals surface area contributed by atoms with Gasteiger partial charge in [-0.15, -0.1) is 0 Å². The number of nitrogens with one attached hydrogen (secondary N) is 1. The molecule has 0 fully saturated rings. The van der Waals surface area contributed by atoms with Gasteiger partial charge in [0.2, 0.25) is 0 Å². The SMILES string of the molecule is COc1ccc(C2=C(Nc3ccccc3)C(=O)N(c3ccc(C)cc3)C2=O)cc1. The molecule has 5 heteroatoms. The number of methoxy groups -OCH3 is 1. The first-order valence-corrected chi connectivity index (χ1v) is 9.24. The molecule has 2 amide bonds. The second-order valence-electron chi connectivity index (χ2n) is 6.75. The molecule has 0 aromatic heterocycles. The van der Waals surface area contributed by atoms with Crippen molar-refractivity contribution in [3.8, 4) is 5.75 Å². The zero-order valence-corrected chi connectivity index (χ0v) is 16.2. The Morgan fingerprint density at radius 3 is 2.07 bits per heavy atom. The lowest BCUT2D eigenvalue weighted by Crippen LogP contribution is -2.32. The molecule has 0 saturated heterocycles. The maximum atomic E-state index is 13.3. The van der Waals surface area contributed by atoms with Crippen LogP contribution < -0.4 is 15.0 Å². The first-order chi connectivity index (χ1) is 14.1. The predicted molar refractivity (Wildman–Crippen MR) is 114 cm³/mol. The van der Waals surface area contributed by atoms with Gasteiger partial charge in [0.1, 0.15) is 11.4 Å². The van der Waals surface area contributed by atoms with Crippen LogP contribution in [0.4, 0.5) is 11.4 Å². The second kappa shape index (κ2) is 7.64. The van der Waals surface area contributed by atoms with Gasteiger partial charge in [-0.1, -0.05) is 48.0 Å². The van der Waals surface area contributed by atoms with Crippen LogP contribution in [0.3, 0.4) is 0 Å². The summed E-state index contributed by atoms with van der Waals surface area (Å²) >= 11 is 0. The quantitative estimate of drug-likeness (QED) is 0.663. The molecule has 0 radical (unpaired) electrons. The molecule has 0 saturated carbocycles. The summed E-state index contributed by atoms with van der Waals surface area (Å²) in [6.45, 7) is 1.96. The van der Waals surface area contributed by atoms with Gasteiger partial charge in [-0.05, 0) is 48.9 Å². The van der Waals surface area contributed by atoms with Gasteiger partial charge in [0, 0.05) is 5.69 Å². The molecule has 0 bridgehead atoms. The van der Waals surface area contributed by atoms with Crippen LogP contribution in [0.5, 0.6) is 5.75 Å². The largest absolute Gasteiger partial charge is 0.497 e. The van der Waals surface area contributed by atoms with Gasteiger partial charge in [-0.25, -0.2) is 4.90 Å². The molecule has 0 unspecified atom stereocenters. The van der Waals surface area contributed by atoms with Crippen LogP contribution in [-0.4, -0.2) is 18.9 Å². The molecule has 144 valence electrons.